The monoisotopic (exact) mass is 419 g/mol. The maximum Gasteiger partial charge on any atom is 0.341 e. The fraction of sp³-hybridized carbons (Fsp3) is 0.381. The van der Waals surface area contributed by atoms with Gasteiger partial charge >= 0.3 is 5.97 Å². The average molecular weight is 420 g/mol. The molecule has 7 heteroatoms. The van der Waals surface area contributed by atoms with Crippen LogP contribution in [-0.2, 0) is 9.59 Å². The van der Waals surface area contributed by atoms with Crippen molar-refractivity contribution in [2.24, 2.45) is 0 Å². The van der Waals surface area contributed by atoms with E-state index in [-0.39, 0.29) is 24.3 Å². The molecule has 1 heterocycles. The lowest BCUT2D eigenvalue weighted by Crippen LogP contribution is -2.18. The summed E-state index contributed by atoms with van der Waals surface area (Å²) in [5.74, 6) is -0.179. The second-order valence-corrected chi connectivity index (χ2v) is 8.90. The van der Waals surface area contributed by atoms with E-state index in [0.29, 0.717) is 15.0 Å². The Kier molecular flexibility index (Phi) is 7.43. The third-order valence-corrected chi connectivity index (χ3v) is 5.60. The molecule has 1 aliphatic heterocycles. The molecule has 2 N–H and O–H groups in total. The van der Waals surface area contributed by atoms with E-state index in [1.54, 1.807) is 0 Å². The van der Waals surface area contributed by atoms with Crippen LogP contribution in [0.2, 0.25) is 0 Å². The number of carbonyl (C=O) groups is 2. The molecule has 1 aliphatic rings. The van der Waals surface area contributed by atoms with E-state index in [0.717, 1.165) is 22.3 Å². The Morgan fingerprint density at radius 1 is 1.25 bits per heavy atom. The van der Waals surface area contributed by atoms with Crippen molar-refractivity contribution in [3.63, 3.8) is 0 Å². The Hall–Kier alpha value is -2.12. The molecule has 0 saturated carbocycles. The molecule has 150 valence electrons. The minimum absolute atomic E-state index is 0.166. The van der Waals surface area contributed by atoms with Gasteiger partial charge in [-0.1, -0.05) is 63.8 Å². The molecular formula is C21H25NO4S2. The zero-order valence-electron chi connectivity index (χ0n) is 16.7. The summed E-state index contributed by atoms with van der Waals surface area (Å²) in [6, 6.07) is 4.02. The van der Waals surface area contributed by atoms with Gasteiger partial charge in [0.05, 0.1) is 4.91 Å². The molecule has 1 aromatic rings. The molecular weight excluding hydrogens is 394 g/mol. The maximum atomic E-state index is 11.9. The quantitative estimate of drug-likeness (QED) is 0.487. The summed E-state index contributed by atoms with van der Waals surface area (Å²) < 4.78 is 6.11. The van der Waals surface area contributed by atoms with Crippen molar-refractivity contribution in [1.82, 2.24) is 5.32 Å². The van der Waals surface area contributed by atoms with Crippen LogP contribution in [0, 0.1) is 0 Å². The predicted octanol–water partition coefficient (Wildman–Crippen LogP) is 4.83. The third-order valence-electron chi connectivity index (χ3n) is 4.25. The lowest BCUT2D eigenvalue weighted by Gasteiger charge is -2.20. The number of carboxylic acid groups (broad SMARTS) is 1. The van der Waals surface area contributed by atoms with Gasteiger partial charge < -0.3 is 15.2 Å². The Morgan fingerprint density at radius 3 is 2.25 bits per heavy atom. The fourth-order valence-corrected chi connectivity index (χ4v) is 3.87. The number of rotatable bonds is 7. The number of allylic oxidation sites excluding steroid dienone is 2. The molecule has 1 fully saturated rings. The summed E-state index contributed by atoms with van der Waals surface area (Å²) >= 11 is 6.30. The second kappa shape index (κ2) is 9.39. The predicted molar refractivity (Wildman–Crippen MR) is 118 cm³/mol. The average Bonchev–Trinajstić information content (AvgIpc) is 2.95. The smallest absolute Gasteiger partial charge is 0.341 e. The highest BCUT2D eigenvalue weighted by Crippen LogP contribution is 2.36. The number of thioether (sulfide) groups is 1. The van der Waals surface area contributed by atoms with Crippen LogP contribution in [0.25, 0.3) is 6.08 Å². The third kappa shape index (κ3) is 5.45. The van der Waals surface area contributed by atoms with Crippen LogP contribution in [0.4, 0.5) is 0 Å². The molecule has 0 radical (unpaired) electrons. The first-order valence-corrected chi connectivity index (χ1v) is 10.3. The minimum atomic E-state index is -0.999. The number of thiocarbonyl (C=S) groups is 1. The zero-order valence-corrected chi connectivity index (χ0v) is 18.3. The summed E-state index contributed by atoms with van der Waals surface area (Å²) in [4.78, 5) is 23.5. The molecule has 0 spiro atoms. The number of hydrogen-bond acceptors (Lipinski definition) is 5. The van der Waals surface area contributed by atoms with Gasteiger partial charge in [-0.15, -0.1) is 0 Å². The van der Waals surface area contributed by atoms with E-state index in [4.69, 9.17) is 22.1 Å². The Balaban J connectivity index is 2.45. The van der Waals surface area contributed by atoms with E-state index < -0.39 is 5.97 Å². The lowest BCUT2D eigenvalue weighted by atomic mass is 9.91. The first-order valence-electron chi connectivity index (χ1n) is 9.04. The highest BCUT2D eigenvalue weighted by molar-refractivity contribution is 8.26. The Bertz CT molecular complexity index is 840. The largest absolute Gasteiger partial charge is 0.481 e. The molecule has 0 atom stereocenters. The van der Waals surface area contributed by atoms with Gasteiger partial charge in [-0.2, -0.15) is 0 Å². The van der Waals surface area contributed by atoms with Gasteiger partial charge in [0.15, 0.2) is 6.61 Å². The number of carbonyl (C=O) groups excluding carboxylic acids is 1. The van der Waals surface area contributed by atoms with E-state index in [2.05, 4.69) is 5.32 Å². The first-order chi connectivity index (χ1) is 13.1. The number of ether oxygens (including phenoxy) is 1. The summed E-state index contributed by atoms with van der Waals surface area (Å²) in [5.41, 5.74) is 3.74. The number of hydrogen-bond donors (Lipinski definition) is 2. The van der Waals surface area contributed by atoms with E-state index in [1.165, 1.54) is 11.8 Å². The van der Waals surface area contributed by atoms with E-state index >= 15 is 0 Å². The molecule has 1 amide bonds. The summed E-state index contributed by atoms with van der Waals surface area (Å²) in [6.45, 7) is 9.71. The van der Waals surface area contributed by atoms with Crippen LogP contribution in [0.1, 0.15) is 63.1 Å². The summed E-state index contributed by atoms with van der Waals surface area (Å²) in [6.07, 6.45) is 3.85. The van der Waals surface area contributed by atoms with E-state index in [1.807, 2.05) is 58.9 Å². The molecule has 0 unspecified atom stereocenters. The summed E-state index contributed by atoms with van der Waals surface area (Å²) in [7, 11) is 0. The second-order valence-electron chi connectivity index (χ2n) is 7.21. The number of amides is 1. The molecule has 5 nitrogen and oxygen atoms in total. The van der Waals surface area contributed by atoms with Crippen LogP contribution < -0.4 is 10.1 Å². The van der Waals surface area contributed by atoms with Crippen molar-refractivity contribution < 1.29 is 19.4 Å². The molecule has 1 saturated heterocycles. The van der Waals surface area contributed by atoms with Crippen molar-refractivity contribution in [3.05, 3.63) is 45.4 Å². The topological polar surface area (TPSA) is 75.6 Å². The lowest BCUT2D eigenvalue weighted by molar-refractivity contribution is -0.139. The molecule has 0 bridgehead atoms. The highest BCUT2D eigenvalue weighted by atomic mass is 32.2. The van der Waals surface area contributed by atoms with Crippen molar-refractivity contribution >= 4 is 46.3 Å². The van der Waals surface area contributed by atoms with E-state index in [9.17, 15) is 9.59 Å². The number of nitrogens with one attached hydrogen (secondary N) is 1. The van der Waals surface area contributed by atoms with Crippen molar-refractivity contribution in [1.29, 1.82) is 0 Å². The van der Waals surface area contributed by atoms with Crippen molar-refractivity contribution in [2.75, 3.05) is 6.61 Å². The normalized spacial score (nSPS) is 16.2. The van der Waals surface area contributed by atoms with Gasteiger partial charge in [-0.3, -0.25) is 4.79 Å². The molecule has 28 heavy (non-hydrogen) atoms. The molecule has 2 rings (SSSR count). The van der Waals surface area contributed by atoms with Gasteiger partial charge in [0.25, 0.3) is 5.91 Å². The van der Waals surface area contributed by atoms with Gasteiger partial charge in [0.2, 0.25) is 0 Å². The molecule has 0 aromatic heterocycles. The van der Waals surface area contributed by atoms with Crippen molar-refractivity contribution in [2.45, 2.75) is 46.5 Å². The van der Waals surface area contributed by atoms with Gasteiger partial charge in [0, 0.05) is 0 Å². The highest BCUT2D eigenvalue weighted by Gasteiger charge is 2.23. The van der Waals surface area contributed by atoms with Gasteiger partial charge in [0.1, 0.15) is 10.1 Å². The summed E-state index contributed by atoms with van der Waals surface area (Å²) in [5, 5.41) is 11.6. The van der Waals surface area contributed by atoms with Gasteiger partial charge in [-0.05, 0) is 53.2 Å². The zero-order chi connectivity index (χ0) is 21.0. The molecule has 1 aromatic carbocycles. The van der Waals surface area contributed by atoms with Gasteiger partial charge in [-0.25, -0.2) is 4.79 Å². The molecule has 0 aliphatic carbocycles. The number of carboxylic acids is 1. The standard InChI is InChI=1S/C21H25NO4S2/c1-11(2)15-8-14(7-6-13(5)19-20(25)22-21(27)28-19)9-16(12(3)4)18(15)26-10-17(23)24/h6-9,11-12H,10H2,1-5H3,(H,23,24)(H,22,25,27). The SMILES string of the molecule is CC(C=Cc1cc(C(C)C)c(OCC(=O)O)c(C(C)C)c1)=C1SC(=S)NC1=O. The first kappa shape index (κ1) is 22.2. The van der Waals surface area contributed by atoms with Crippen LogP contribution >= 0.6 is 24.0 Å². The minimum Gasteiger partial charge on any atom is -0.481 e. The Labute approximate surface area is 175 Å². The van der Waals surface area contributed by atoms with Crippen LogP contribution in [0.3, 0.4) is 0 Å². The van der Waals surface area contributed by atoms with Crippen LogP contribution in [-0.4, -0.2) is 27.9 Å². The van der Waals surface area contributed by atoms with Crippen LogP contribution in [0.15, 0.2) is 28.7 Å². The van der Waals surface area contributed by atoms with Crippen LogP contribution in [0.5, 0.6) is 5.75 Å². The number of aliphatic carboxylic acids is 1. The number of benzene rings is 1. The van der Waals surface area contributed by atoms with Crippen molar-refractivity contribution in [3.8, 4) is 5.75 Å². The fourth-order valence-electron chi connectivity index (χ4n) is 2.82. The Morgan fingerprint density at radius 2 is 1.82 bits per heavy atom. The maximum absolute atomic E-state index is 11.9.